The van der Waals surface area contributed by atoms with Gasteiger partial charge in [0.1, 0.15) is 5.82 Å². The number of nitrogens with one attached hydrogen (secondary N) is 1. The Hall–Kier alpha value is -1.56. The summed E-state index contributed by atoms with van der Waals surface area (Å²) in [6, 6.07) is 3.98. The molecule has 0 aliphatic rings. The summed E-state index contributed by atoms with van der Waals surface area (Å²) >= 11 is 1.53. The van der Waals surface area contributed by atoms with Gasteiger partial charge in [0, 0.05) is 18.3 Å². The number of aryl methyl sites for hydroxylation is 2. The number of aromatic nitrogens is 4. The lowest BCUT2D eigenvalue weighted by Crippen LogP contribution is -2.08. The third kappa shape index (κ3) is 3.26. The van der Waals surface area contributed by atoms with Crippen LogP contribution in [0.2, 0.25) is 0 Å². The third-order valence-electron chi connectivity index (χ3n) is 2.66. The highest BCUT2D eigenvalue weighted by Crippen LogP contribution is 2.18. The lowest BCUT2D eigenvalue weighted by atomic mass is 10.4. The first-order valence-electron chi connectivity index (χ1n) is 6.34. The maximum absolute atomic E-state index is 4.52. The standard InChI is InChI=1S/C13H19N5S/c1-5-6-14-11-8-12(16-13(15-11)19-4)18-10(3)7-9(2)17-18/h7-8H,5-6H2,1-4H3,(H,14,15,16). The summed E-state index contributed by atoms with van der Waals surface area (Å²) in [4.78, 5) is 8.97. The molecule has 19 heavy (non-hydrogen) atoms. The molecule has 2 aromatic rings. The van der Waals surface area contributed by atoms with E-state index in [1.165, 1.54) is 11.8 Å². The van der Waals surface area contributed by atoms with Crippen LogP contribution in [-0.2, 0) is 0 Å². The van der Waals surface area contributed by atoms with E-state index in [9.17, 15) is 0 Å². The first-order chi connectivity index (χ1) is 9.13. The lowest BCUT2D eigenvalue weighted by Gasteiger charge is -2.09. The van der Waals surface area contributed by atoms with Gasteiger partial charge in [0.15, 0.2) is 11.0 Å². The monoisotopic (exact) mass is 277 g/mol. The van der Waals surface area contributed by atoms with Gasteiger partial charge in [0.05, 0.1) is 5.69 Å². The van der Waals surface area contributed by atoms with Crippen molar-refractivity contribution >= 4 is 17.6 Å². The largest absolute Gasteiger partial charge is 0.370 e. The molecule has 2 rings (SSSR count). The quantitative estimate of drug-likeness (QED) is 0.673. The molecule has 0 aromatic carbocycles. The van der Waals surface area contributed by atoms with Gasteiger partial charge in [-0.2, -0.15) is 5.10 Å². The number of anilines is 1. The van der Waals surface area contributed by atoms with E-state index in [1.807, 2.05) is 36.9 Å². The fraction of sp³-hybridized carbons (Fsp3) is 0.462. The highest BCUT2D eigenvalue weighted by Gasteiger charge is 2.09. The van der Waals surface area contributed by atoms with Gasteiger partial charge < -0.3 is 5.32 Å². The van der Waals surface area contributed by atoms with E-state index in [0.29, 0.717) is 0 Å². The van der Waals surface area contributed by atoms with E-state index in [0.717, 1.165) is 41.1 Å². The zero-order valence-corrected chi connectivity index (χ0v) is 12.6. The molecule has 0 saturated heterocycles. The zero-order chi connectivity index (χ0) is 13.8. The summed E-state index contributed by atoms with van der Waals surface area (Å²) in [6.07, 6.45) is 3.04. The van der Waals surface area contributed by atoms with Crippen LogP contribution in [0.25, 0.3) is 5.82 Å². The van der Waals surface area contributed by atoms with Crippen LogP contribution in [0, 0.1) is 13.8 Å². The molecule has 0 saturated carbocycles. The molecule has 0 bridgehead atoms. The second-order valence-corrected chi connectivity index (χ2v) is 5.14. The maximum atomic E-state index is 4.52. The van der Waals surface area contributed by atoms with Crippen LogP contribution in [0.15, 0.2) is 17.3 Å². The van der Waals surface area contributed by atoms with Crippen LogP contribution in [0.3, 0.4) is 0 Å². The highest BCUT2D eigenvalue weighted by molar-refractivity contribution is 7.98. The Labute approximate surface area is 117 Å². The van der Waals surface area contributed by atoms with Crippen molar-refractivity contribution in [3.05, 3.63) is 23.5 Å². The van der Waals surface area contributed by atoms with Crippen LogP contribution >= 0.6 is 11.8 Å². The summed E-state index contributed by atoms with van der Waals surface area (Å²) in [7, 11) is 0. The molecule has 2 aromatic heterocycles. The van der Waals surface area contributed by atoms with Crippen LogP contribution in [0.5, 0.6) is 0 Å². The van der Waals surface area contributed by atoms with Crippen LogP contribution in [0.4, 0.5) is 5.82 Å². The van der Waals surface area contributed by atoms with Crippen molar-refractivity contribution in [1.82, 2.24) is 19.7 Å². The van der Waals surface area contributed by atoms with Crippen molar-refractivity contribution in [3.63, 3.8) is 0 Å². The SMILES string of the molecule is CCCNc1cc(-n2nc(C)cc2C)nc(SC)n1. The summed E-state index contributed by atoms with van der Waals surface area (Å²) in [5.74, 6) is 1.66. The molecule has 0 radical (unpaired) electrons. The topological polar surface area (TPSA) is 55.6 Å². The van der Waals surface area contributed by atoms with Crippen molar-refractivity contribution in [1.29, 1.82) is 0 Å². The molecule has 0 atom stereocenters. The minimum atomic E-state index is 0.753. The molecular weight excluding hydrogens is 258 g/mol. The Kier molecular flexibility index (Phi) is 4.42. The summed E-state index contributed by atoms with van der Waals surface area (Å²) in [6.45, 7) is 7.05. The van der Waals surface area contributed by atoms with Crippen molar-refractivity contribution in [2.45, 2.75) is 32.3 Å². The maximum Gasteiger partial charge on any atom is 0.191 e. The van der Waals surface area contributed by atoms with Crippen LogP contribution in [0.1, 0.15) is 24.7 Å². The van der Waals surface area contributed by atoms with Gasteiger partial charge in [0.25, 0.3) is 0 Å². The molecule has 0 unspecified atom stereocenters. The molecule has 0 fully saturated rings. The molecular formula is C13H19N5S. The Bertz CT molecular complexity index is 564. The second-order valence-electron chi connectivity index (χ2n) is 4.36. The van der Waals surface area contributed by atoms with Gasteiger partial charge >= 0.3 is 0 Å². The van der Waals surface area contributed by atoms with Gasteiger partial charge in [-0.05, 0) is 32.6 Å². The van der Waals surface area contributed by atoms with Crippen molar-refractivity contribution in [2.24, 2.45) is 0 Å². The van der Waals surface area contributed by atoms with Crippen LogP contribution in [-0.4, -0.2) is 32.5 Å². The minimum Gasteiger partial charge on any atom is -0.370 e. The fourth-order valence-corrected chi connectivity index (χ4v) is 2.19. The zero-order valence-electron chi connectivity index (χ0n) is 11.8. The molecule has 0 amide bonds. The predicted octanol–water partition coefficient (Wildman–Crippen LogP) is 2.82. The number of thioether (sulfide) groups is 1. The molecule has 0 aliphatic carbocycles. The Morgan fingerprint density at radius 3 is 2.63 bits per heavy atom. The summed E-state index contributed by atoms with van der Waals surface area (Å²) < 4.78 is 1.86. The molecule has 0 aliphatic heterocycles. The van der Waals surface area contributed by atoms with E-state index in [2.05, 4.69) is 27.3 Å². The van der Waals surface area contributed by atoms with E-state index in [4.69, 9.17) is 0 Å². The molecule has 1 N–H and O–H groups in total. The fourth-order valence-electron chi connectivity index (χ4n) is 1.82. The normalized spacial score (nSPS) is 10.7. The van der Waals surface area contributed by atoms with E-state index >= 15 is 0 Å². The van der Waals surface area contributed by atoms with Crippen molar-refractivity contribution in [3.8, 4) is 5.82 Å². The molecule has 5 nitrogen and oxygen atoms in total. The lowest BCUT2D eigenvalue weighted by molar-refractivity contribution is 0.777. The number of hydrogen-bond acceptors (Lipinski definition) is 5. The number of nitrogens with zero attached hydrogens (tertiary/aromatic N) is 4. The number of rotatable bonds is 5. The molecule has 0 spiro atoms. The summed E-state index contributed by atoms with van der Waals surface area (Å²) in [5, 5.41) is 8.52. The predicted molar refractivity (Wildman–Crippen MR) is 79.2 cm³/mol. The van der Waals surface area contributed by atoms with Crippen LogP contribution < -0.4 is 5.32 Å². The summed E-state index contributed by atoms with van der Waals surface area (Å²) in [5.41, 5.74) is 2.06. The molecule has 102 valence electrons. The van der Waals surface area contributed by atoms with Gasteiger partial charge in [0.2, 0.25) is 0 Å². The smallest absolute Gasteiger partial charge is 0.191 e. The highest BCUT2D eigenvalue weighted by atomic mass is 32.2. The van der Waals surface area contributed by atoms with E-state index in [-0.39, 0.29) is 0 Å². The molecule has 6 heteroatoms. The third-order valence-corrected chi connectivity index (χ3v) is 3.21. The Balaban J connectivity index is 2.41. The average molecular weight is 277 g/mol. The first-order valence-corrected chi connectivity index (χ1v) is 7.57. The second kappa shape index (κ2) is 6.06. The first kappa shape index (κ1) is 13.9. The van der Waals surface area contributed by atoms with Gasteiger partial charge in [-0.3, -0.25) is 0 Å². The van der Waals surface area contributed by atoms with Gasteiger partial charge in [-0.15, -0.1) is 0 Å². The van der Waals surface area contributed by atoms with Gasteiger partial charge in [-0.25, -0.2) is 14.6 Å². The van der Waals surface area contributed by atoms with Crippen molar-refractivity contribution < 1.29 is 0 Å². The van der Waals surface area contributed by atoms with E-state index < -0.39 is 0 Å². The van der Waals surface area contributed by atoms with Crippen molar-refractivity contribution in [2.75, 3.05) is 18.1 Å². The Morgan fingerprint density at radius 1 is 1.26 bits per heavy atom. The van der Waals surface area contributed by atoms with E-state index in [1.54, 1.807) is 0 Å². The number of hydrogen-bond donors (Lipinski definition) is 1. The molecule has 2 heterocycles. The Morgan fingerprint density at radius 2 is 2.05 bits per heavy atom. The van der Waals surface area contributed by atoms with Gasteiger partial charge in [-0.1, -0.05) is 18.7 Å². The minimum absolute atomic E-state index is 0.753. The average Bonchev–Trinajstić information content (AvgIpc) is 2.75.